The molecule has 4 rings (SSSR count). The zero-order valence-corrected chi connectivity index (χ0v) is 20.8. The van der Waals surface area contributed by atoms with Crippen molar-refractivity contribution in [3.05, 3.63) is 135 Å². The third-order valence-corrected chi connectivity index (χ3v) is 5.73. The van der Waals surface area contributed by atoms with Gasteiger partial charge in [0, 0.05) is 12.1 Å². The molecule has 0 atom stereocenters. The molecule has 4 aromatic carbocycles. The summed E-state index contributed by atoms with van der Waals surface area (Å²) in [6.07, 6.45) is 1.55. The van der Waals surface area contributed by atoms with Crippen LogP contribution in [0, 0.1) is 10.1 Å². The summed E-state index contributed by atoms with van der Waals surface area (Å²) in [6.45, 7) is 2.53. The minimum Gasteiger partial charge on any atom is -0.490 e. The third kappa shape index (κ3) is 6.82. The summed E-state index contributed by atoms with van der Waals surface area (Å²) in [6, 6.07) is 30.7. The Hall–Kier alpha value is -4.98. The van der Waals surface area contributed by atoms with Gasteiger partial charge in [0.05, 0.1) is 23.7 Å². The van der Waals surface area contributed by atoms with Gasteiger partial charge in [-0.05, 0) is 59.5 Å². The molecule has 8 heteroatoms. The van der Waals surface area contributed by atoms with E-state index in [9.17, 15) is 14.9 Å². The summed E-state index contributed by atoms with van der Waals surface area (Å²) in [5, 5.41) is 15.0. The molecule has 0 unspecified atom stereocenters. The summed E-state index contributed by atoms with van der Waals surface area (Å²) in [4.78, 5) is 23.5. The second-order valence-corrected chi connectivity index (χ2v) is 8.34. The fraction of sp³-hybridized carbons (Fsp3) is 0.133. The Morgan fingerprint density at radius 1 is 0.895 bits per heavy atom. The van der Waals surface area contributed by atoms with Crippen molar-refractivity contribution < 1.29 is 19.2 Å². The van der Waals surface area contributed by atoms with Crippen LogP contribution in [-0.2, 0) is 11.4 Å². The van der Waals surface area contributed by atoms with E-state index < -0.39 is 10.8 Å². The van der Waals surface area contributed by atoms with Crippen LogP contribution in [0.2, 0.25) is 0 Å². The number of ether oxygens (including phenoxy) is 2. The van der Waals surface area contributed by atoms with Crippen LogP contribution in [0.4, 0.5) is 5.69 Å². The molecule has 0 fully saturated rings. The molecule has 8 nitrogen and oxygen atoms in total. The van der Waals surface area contributed by atoms with Crippen molar-refractivity contribution in [3.63, 3.8) is 0 Å². The Morgan fingerprint density at radius 3 is 2.11 bits per heavy atom. The number of carbonyl (C=O) groups excluding carboxylic acids is 1. The Balaban J connectivity index is 1.44. The first-order valence-electron chi connectivity index (χ1n) is 12.1. The van der Waals surface area contributed by atoms with E-state index in [2.05, 4.69) is 10.5 Å². The van der Waals surface area contributed by atoms with Crippen molar-refractivity contribution in [3.8, 4) is 11.5 Å². The highest BCUT2D eigenvalue weighted by Gasteiger charge is 2.22. The van der Waals surface area contributed by atoms with Crippen molar-refractivity contribution in [2.75, 3.05) is 6.61 Å². The summed E-state index contributed by atoms with van der Waals surface area (Å²) in [5.74, 6) is 0.311. The Labute approximate surface area is 220 Å². The Bertz CT molecular complexity index is 1350. The predicted molar refractivity (Wildman–Crippen MR) is 146 cm³/mol. The van der Waals surface area contributed by atoms with Gasteiger partial charge in [-0.1, -0.05) is 60.7 Å². The molecule has 0 aliphatic heterocycles. The first kappa shape index (κ1) is 26.1. The van der Waals surface area contributed by atoms with Gasteiger partial charge in [-0.3, -0.25) is 14.9 Å². The van der Waals surface area contributed by atoms with E-state index in [-0.39, 0.29) is 18.2 Å². The van der Waals surface area contributed by atoms with E-state index in [4.69, 9.17) is 9.47 Å². The molecule has 0 aliphatic rings. The Kier molecular flexibility index (Phi) is 8.80. The lowest BCUT2D eigenvalue weighted by Crippen LogP contribution is -2.26. The molecule has 0 heterocycles. The predicted octanol–water partition coefficient (Wildman–Crippen LogP) is 5.85. The molecular formula is C30H27N3O5. The third-order valence-electron chi connectivity index (χ3n) is 5.73. The lowest BCUT2D eigenvalue weighted by atomic mass is 9.91. The molecule has 38 heavy (non-hydrogen) atoms. The molecule has 0 spiro atoms. The standard InChI is InChI=1S/C30H27N3O5/c1-2-37-28-19-23(15-18-27(28)38-21-22-13-16-26(17-14-22)33(35)36)20-31-32-30(34)29(24-9-5-3-6-10-24)25-11-7-4-8-12-25/h3-20,29H,2,21H2,1H3,(H,32,34)/b31-20+. The second-order valence-electron chi connectivity index (χ2n) is 8.34. The highest BCUT2D eigenvalue weighted by atomic mass is 16.6. The van der Waals surface area contributed by atoms with Crippen molar-refractivity contribution in [1.82, 2.24) is 5.43 Å². The zero-order chi connectivity index (χ0) is 26.7. The average molecular weight is 510 g/mol. The van der Waals surface area contributed by atoms with Gasteiger partial charge in [-0.25, -0.2) is 5.43 Å². The van der Waals surface area contributed by atoms with Crippen LogP contribution in [0.5, 0.6) is 11.5 Å². The number of carbonyl (C=O) groups is 1. The van der Waals surface area contributed by atoms with Crippen LogP contribution in [-0.4, -0.2) is 23.7 Å². The summed E-state index contributed by atoms with van der Waals surface area (Å²) < 4.78 is 11.6. The molecule has 0 saturated heterocycles. The van der Waals surface area contributed by atoms with Crippen LogP contribution in [0.15, 0.2) is 108 Å². The van der Waals surface area contributed by atoms with Crippen LogP contribution in [0.25, 0.3) is 0 Å². The number of rotatable bonds is 11. The van der Waals surface area contributed by atoms with E-state index in [1.54, 1.807) is 36.5 Å². The number of benzene rings is 4. The number of hydrazone groups is 1. The summed E-state index contributed by atoms with van der Waals surface area (Å²) in [5.41, 5.74) is 5.94. The topological polar surface area (TPSA) is 103 Å². The van der Waals surface area contributed by atoms with Gasteiger partial charge in [0.25, 0.3) is 11.6 Å². The fourth-order valence-electron chi connectivity index (χ4n) is 3.89. The van der Waals surface area contributed by atoms with E-state index in [0.717, 1.165) is 16.7 Å². The summed E-state index contributed by atoms with van der Waals surface area (Å²) in [7, 11) is 0. The molecule has 0 bridgehead atoms. The van der Waals surface area contributed by atoms with Gasteiger partial charge >= 0.3 is 0 Å². The number of nitro benzene ring substituents is 1. The van der Waals surface area contributed by atoms with Crippen LogP contribution in [0.3, 0.4) is 0 Å². The van der Waals surface area contributed by atoms with Gasteiger partial charge in [0.15, 0.2) is 11.5 Å². The van der Waals surface area contributed by atoms with Gasteiger partial charge in [-0.2, -0.15) is 5.10 Å². The highest BCUT2D eigenvalue weighted by Crippen LogP contribution is 2.29. The normalized spacial score (nSPS) is 10.9. The van der Waals surface area contributed by atoms with E-state index in [1.165, 1.54) is 12.1 Å². The molecule has 192 valence electrons. The number of nitrogens with zero attached hydrogens (tertiary/aromatic N) is 2. The maximum atomic E-state index is 13.1. The van der Waals surface area contributed by atoms with E-state index in [0.29, 0.717) is 23.7 Å². The molecule has 1 amide bonds. The van der Waals surface area contributed by atoms with Gasteiger partial charge in [0.2, 0.25) is 0 Å². The van der Waals surface area contributed by atoms with Gasteiger partial charge in [0.1, 0.15) is 6.61 Å². The van der Waals surface area contributed by atoms with Crippen molar-refractivity contribution in [1.29, 1.82) is 0 Å². The first-order chi connectivity index (χ1) is 18.5. The second kappa shape index (κ2) is 12.8. The maximum Gasteiger partial charge on any atom is 0.269 e. The number of hydrogen-bond donors (Lipinski definition) is 1. The molecular weight excluding hydrogens is 482 g/mol. The lowest BCUT2D eigenvalue weighted by Gasteiger charge is -2.16. The smallest absolute Gasteiger partial charge is 0.269 e. The van der Waals surface area contributed by atoms with Crippen LogP contribution in [0.1, 0.15) is 35.1 Å². The maximum absolute atomic E-state index is 13.1. The largest absolute Gasteiger partial charge is 0.490 e. The van der Waals surface area contributed by atoms with E-state index in [1.807, 2.05) is 67.6 Å². The fourth-order valence-corrected chi connectivity index (χ4v) is 3.89. The number of amides is 1. The van der Waals surface area contributed by atoms with E-state index >= 15 is 0 Å². The zero-order valence-electron chi connectivity index (χ0n) is 20.8. The highest BCUT2D eigenvalue weighted by molar-refractivity contribution is 5.88. The number of nitro groups is 1. The average Bonchev–Trinajstić information content (AvgIpc) is 2.94. The van der Waals surface area contributed by atoms with Crippen molar-refractivity contribution in [2.24, 2.45) is 5.10 Å². The van der Waals surface area contributed by atoms with Gasteiger partial charge in [-0.15, -0.1) is 0 Å². The van der Waals surface area contributed by atoms with Gasteiger partial charge < -0.3 is 9.47 Å². The number of non-ortho nitro benzene ring substituents is 1. The molecule has 1 N–H and O–H groups in total. The summed E-state index contributed by atoms with van der Waals surface area (Å²) >= 11 is 0. The Morgan fingerprint density at radius 2 is 1.53 bits per heavy atom. The van der Waals surface area contributed by atoms with Crippen LogP contribution < -0.4 is 14.9 Å². The lowest BCUT2D eigenvalue weighted by molar-refractivity contribution is -0.384. The molecule has 0 aromatic heterocycles. The molecule has 0 aliphatic carbocycles. The van der Waals surface area contributed by atoms with Crippen LogP contribution >= 0.6 is 0 Å². The van der Waals surface area contributed by atoms with Crippen molar-refractivity contribution in [2.45, 2.75) is 19.4 Å². The minimum absolute atomic E-state index is 0.0262. The number of hydrogen-bond acceptors (Lipinski definition) is 6. The molecule has 4 aromatic rings. The molecule has 0 radical (unpaired) electrons. The van der Waals surface area contributed by atoms with Crippen molar-refractivity contribution >= 4 is 17.8 Å². The number of nitrogens with one attached hydrogen (secondary N) is 1. The first-order valence-corrected chi connectivity index (χ1v) is 12.1. The minimum atomic E-state index is -0.497. The monoisotopic (exact) mass is 509 g/mol. The molecule has 0 saturated carbocycles. The SMILES string of the molecule is CCOc1cc(/C=N/NC(=O)C(c2ccccc2)c2ccccc2)ccc1OCc1ccc([N+](=O)[O-])cc1. The quantitative estimate of drug-likeness (QED) is 0.155.